The van der Waals surface area contributed by atoms with E-state index in [9.17, 15) is 14.3 Å². The van der Waals surface area contributed by atoms with Crippen LogP contribution in [-0.4, -0.2) is 28.2 Å². The lowest BCUT2D eigenvalue weighted by atomic mass is 9.91. The predicted octanol–water partition coefficient (Wildman–Crippen LogP) is 4.90. The molecule has 0 radical (unpaired) electrons. The van der Waals surface area contributed by atoms with E-state index in [0.29, 0.717) is 12.5 Å². The summed E-state index contributed by atoms with van der Waals surface area (Å²) in [7, 11) is 0. The highest BCUT2D eigenvalue weighted by Gasteiger charge is 2.30. The van der Waals surface area contributed by atoms with Gasteiger partial charge in [-0.1, -0.05) is 37.3 Å². The zero-order valence-electron chi connectivity index (χ0n) is 17.4. The first-order valence-corrected chi connectivity index (χ1v) is 10.9. The molecule has 2 atom stereocenters. The Bertz CT molecular complexity index is 1030. The number of benzene rings is 2. The SMILES string of the molecule is CCC(C(=O)O)n1c2c(c3cc(F)ccc31)C[C@@H](NCCCc1ccccc1)CC2. The Morgan fingerprint density at radius 2 is 2.07 bits per heavy atom. The van der Waals surface area contributed by atoms with Gasteiger partial charge in [-0.25, -0.2) is 9.18 Å². The van der Waals surface area contributed by atoms with Crippen LogP contribution in [0.3, 0.4) is 0 Å². The molecule has 1 unspecified atom stereocenters. The molecule has 30 heavy (non-hydrogen) atoms. The van der Waals surface area contributed by atoms with Gasteiger partial charge in [-0.05, 0) is 74.4 Å². The molecule has 158 valence electrons. The van der Waals surface area contributed by atoms with Gasteiger partial charge in [0.25, 0.3) is 0 Å². The van der Waals surface area contributed by atoms with Gasteiger partial charge in [0.05, 0.1) is 0 Å². The molecule has 0 amide bonds. The van der Waals surface area contributed by atoms with Crippen molar-refractivity contribution in [3.8, 4) is 0 Å². The number of hydrogen-bond acceptors (Lipinski definition) is 2. The molecule has 3 aromatic rings. The number of aromatic nitrogens is 1. The maximum Gasteiger partial charge on any atom is 0.326 e. The van der Waals surface area contributed by atoms with Crippen molar-refractivity contribution in [2.45, 2.75) is 57.5 Å². The van der Waals surface area contributed by atoms with Gasteiger partial charge in [0, 0.05) is 22.6 Å². The maximum atomic E-state index is 14.0. The summed E-state index contributed by atoms with van der Waals surface area (Å²) in [5, 5.41) is 14.3. The number of carbonyl (C=O) groups is 1. The standard InChI is InChI=1S/C25H29FN2O2/c1-2-22(25(29)30)28-23-12-10-18(26)15-20(23)21-16-19(11-13-24(21)28)27-14-6-9-17-7-4-3-5-8-17/h3-5,7-8,10,12,15,19,22,27H,2,6,9,11,13-14,16H2,1H3,(H,29,30)/t19-,22?/m0/s1. The largest absolute Gasteiger partial charge is 0.480 e. The van der Waals surface area contributed by atoms with Crippen molar-refractivity contribution < 1.29 is 14.3 Å². The Labute approximate surface area is 176 Å². The third kappa shape index (κ3) is 4.12. The smallest absolute Gasteiger partial charge is 0.326 e. The molecule has 0 fully saturated rings. The number of carboxylic acid groups (broad SMARTS) is 1. The second kappa shape index (κ2) is 9.00. The number of fused-ring (bicyclic) bond motifs is 3. The Kier molecular flexibility index (Phi) is 6.18. The van der Waals surface area contributed by atoms with Crippen LogP contribution in [0.1, 0.15) is 49.0 Å². The average molecular weight is 409 g/mol. The Hall–Kier alpha value is -2.66. The summed E-state index contributed by atoms with van der Waals surface area (Å²) in [6, 6.07) is 14.9. The van der Waals surface area contributed by atoms with Gasteiger partial charge in [-0.3, -0.25) is 0 Å². The summed E-state index contributed by atoms with van der Waals surface area (Å²) in [5.41, 5.74) is 4.35. The van der Waals surface area contributed by atoms with Crippen LogP contribution in [0.2, 0.25) is 0 Å². The summed E-state index contributed by atoms with van der Waals surface area (Å²) in [4.78, 5) is 11.9. The second-order valence-electron chi connectivity index (χ2n) is 8.20. The van der Waals surface area contributed by atoms with Crippen molar-refractivity contribution >= 4 is 16.9 Å². The fourth-order valence-corrected chi connectivity index (χ4v) is 4.81. The van der Waals surface area contributed by atoms with E-state index in [1.54, 1.807) is 12.1 Å². The first-order valence-electron chi connectivity index (χ1n) is 10.9. The number of aryl methyl sites for hydroxylation is 1. The van der Waals surface area contributed by atoms with Crippen LogP contribution in [0.5, 0.6) is 0 Å². The summed E-state index contributed by atoms with van der Waals surface area (Å²) in [6.07, 6.45) is 5.21. The van der Waals surface area contributed by atoms with Crippen molar-refractivity contribution in [3.63, 3.8) is 0 Å². The number of carboxylic acids is 1. The number of aliphatic carboxylic acids is 1. The van der Waals surface area contributed by atoms with E-state index in [2.05, 4.69) is 29.6 Å². The van der Waals surface area contributed by atoms with Crippen LogP contribution < -0.4 is 5.32 Å². The van der Waals surface area contributed by atoms with Crippen LogP contribution >= 0.6 is 0 Å². The lowest BCUT2D eigenvalue weighted by Gasteiger charge is -2.26. The van der Waals surface area contributed by atoms with E-state index in [4.69, 9.17) is 0 Å². The lowest BCUT2D eigenvalue weighted by molar-refractivity contribution is -0.140. The minimum absolute atomic E-state index is 0.274. The molecule has 1 aromatic heterocycles. The van der Waals surface area contributed by atoms with Gasteiger partial charge < -0.3 is 15.0 Å². The van der Waals surface area contributed by atoms with Gasteiger partial charge >= 0.3 is 5.97 Å². The maximum absolute atomic E-state index is 14.0. The molecule has 2 N–H and O–H groups in total. The Morgan fingerprint density at radius 1 is 1.27 bits per heavy atom. The average Bonchev–Trinajstić information content (AvgIpc) is 3.05. The van der Waals surface area contributed by atoms with E-state index in [-0.39, 0.29) is 5.82 Å². The molecule has 5 heteroatoms. The van der Waals surface area contributed by atoms with Crippen molar-refractivity contribution in [1.29, 1.82) is 0 Å². The first kappa shape index (κ1) is 20.6. The summed E-state index contributed by atoms with van der Waals surface area (Å²) in [6.45, 7) is 2.83. The second-order valence-corrected chi connectivity index (χ2v) is 8.20. The molecule has 1 aliphatic carbocycles. The van der Waals surface area contributed by atoms with E-state index >= 15 is 0 Å². The lowest BCUT2D eigenvalue weighted by Crippen LogP contribution is -2.36. The molecule has 0 saturated heterocycles. The fourth-order valence-electron chi connectivity index (χ4n) is 4.81. The normalized spacial score (nSPS) is 17.1. The highest BCUT2D eigenvalue weighted by atomic mass is 19.1. The summed E-state index contributed by atoms with van der Waals surface area (Å²) in [5.74, 6) is -1.11. The van der Waals surface area contributed by atoms with E-state index in [0.717, 1.165) is 60.8 Å². The number of halogens is 1. The van der Waals surface area contributed by atoms with Crippen LogP contribution in [0.15, 0.2) is 48.5 Å². The van der Waals surface area contributed by atoms with Gasteiger partial charge in [0.2, 0.25) is 0 Å². The van der Waals surface area contributed by atoms with Gasteiger partial charge in [-0.15, -0.1) is 0 Å². The van der Waals surface area contributed by atoms with Crippen molar-refractivity contribution in [1.82, 2.24) is 9.88 Å². The van der Waals surface area contributed by atoms with Crippen molar-refractivity contribution in [2.75, 3.05) is 6.54 Å². The third-order valence-corrected chi connectivity index (χ3v) is 6.26. The third-order valence-electron chi connectivity index (χ3n) is 6.26. The van der Waals surface area contributed by atoms with E-state index in [1.165, 1.54) is 11.6 Å². The fraction of sp³-hybridized carbons (Fsp3) is 0.400. The summed E-state index contributed by atoms with van der Waals surface area (Å²) < 4.78 is 16.0. The van der Waals surface area contributed by atoms with Crippen molar-refractivity contribution in [3.05, 3.63) is 71.2 Å². The zero-order valence-corrected chi connectivity index (χ0v) is 17.4. The quantitative estimate of drug-likeness (QED) is 0.522. The van der Waals surface area contributed by atoms with Crippen molar-refractivity contribution in [2.24, 2.45) is 0 Å². The molecule has 0 saturated carbocycles. The van der Waals surface area contributed by atoms with Gasteiger partial charge in [-0.2, -0.15) is 0 Å². The highest BCUT2D eigenvalue weighted by molar-refractivity contribution is 5.88. The molecule has 0 aliphatic heterocycles. The number of nitrogens with zero attached hydrogens (tertiary/aromatic N) is 1. The van der Waals surface area contributed by atoms with Gasteiger partial charge in [0.15, 0.2) is 0 Å². The number of nitrogens with one attached hydrogen (secondary N) is 1. The van der Waals surface area contributed by atoms with Gasteiger partial charge in [0.1, 0.15) is 11.9 Å². The van der Waals surface area contributed by atoms with E-state index < -0.39 is 12.0 Å². The Morgan fingerprint density at radius 3 is 2.80 bits per heavy atom. The monoisotopic (exact) mass is 408 g/mol. The molecule has 0 spiro atoms. The molecular weight excluding hydrogens is 379 g/mol. The van der Waals surface area contributed by atoms with Crippen LogP contribution in [0.4, 0.5) is 4.39 Å². The molecule has 1 heterocycles. The summed E-state index contributed by atoms with van der Waals surface area (Å²) >= 11 is 0. The molecule has 1 aliphatic rings. The van der Waals surface area contributed by atoms with E-state index in [1.807, 2.05) is 17.6 Å². The molecular formula is C25H29FN2O2. The van der Waals surface area contributed by atoms with Crippen LogP contribution in [0.25, 0.3) is 10.9 Å². The molecule has 2 aromatic carbocycles. The minimum atomic E-state index is -0.831. The minimum Gasteiger partial charge on any atom is -0.480 e. The number of hydrogen-bond donors (Lipinski definition) is 2. The van der Waals surface area contributed by atoms with Crippen LogP contribution in [-0.2, 0) is 24.1 Å². The first-order chi connectivity index (χ1) is 14.6. The zero-order chi connectivity index (χ0) is 21.1. The Balaban J connectivity index is 1.52. The predicted molar refractivity (Wildman–Crippen MR) is 117 cm³/mol. The topological polar surface area (TPSA) is 54.3 Å². The van der Waals surface area contributed by atoms with Crippen LogP contribution in [0, 0.1) is 5.82 Å². The highest BCUT2D eigenvalue weighted by Crippen LogP contribution is 2.36. The molecule has 4 rings (SSSR count). The molecule has 4 nitrogen and oxygen atoms in total. The number of rotatable bonds is 8. The molecule has 0 bridgehead atoms.